The van der Waals surface area contributed by atoms with Crippen LogP contribution in [0.2, 0.25) is 0 Å². The number of guanidine groups is 1. The van der Waals surface area contributed by atoms with Crippen molar-refractivity contribution in [3.8, 4) is 5.75 Å². The predicted molar refractivity (Wildman–Crippen MR) is 137 cm³/mol. The van der Waals surface area contributed by atoms with Crippen LogP contribution in [-0.4, -0.2) is 56.2 Å². The highest BCUT2D eigenvalue weighted by molar-refractivity contribution is 14.0. The summed E-state index contributed by atoms with van der Waals surface area (Å²) < 4.78 is 5.81. The van der Waals surface area contributed by atoms with Crippen molar-refractivity contribution < 1.29 is 4.74 Å². The van der Waals surface area contributed by atoms with Crippen LogP contribution in [0.4, 0.5) is 0 Å². The molecule has 5 nitrogen and oxygen atoms in total. The number of halogens is 1. The molecule has 0 unspecified atom stereocenters. The zero-order valence-electron chi connectivity index (χ0n) is 19.4. The number of benzene rings is 1. The van der Waals surface area contributed by atoms with Gasteiger partial charge in [0.15, 0.2) is 5.96 Å². The molecule has 6 heteroatoms. The highest BCUT2D eigenvalue weighted by Gasteiger charge is 2.32. The fraction of sp³-hybridized carbons (Fsp3) is 0.708. The third kappa shape index (κ3) is 7.59. The Bertz CT molecular complexity index is 662. The monoisotopic (exact) mass is 528 g/mol. The number of rotatable bonds is 8. The van der Waals surface area contributed by atoms with Gasteiger partial charge in [-0.25, -0.2) is 0 Å². The van der Waals surface area contributed by atoms with Crippen molar-refractivity contribution in [2.24, 2.45) is 10.9 Å². The van der Waals surface area contributed by atoms with Crippen molar-refractivity contribution in [2.75, 3.05) is 33.3 Å². The van der Waals surface area contributed by atoms with Crippen molar-refractivity contribution in [2.45, 2.75) is 70.9 Å². The first-order valence-corrected chi connectivity index (χ1v) is 11.3. The van der Waals surface area contributed by atoms with Crippen molar-refractivity contribution in [1.82, 2.24) is 15.5 Å². The Balaban J connectivity index is 0.00000320. The number of ether oxygens (including phenoxy) is 1. The lowest BCUT2D eigenvalue weighted by molar-refractivity contribution is 0.197. The Kier molecular flexibility index (Phi) is 9.72. The van der Waals surface area contributed by atoms with Gasteiger partial charge in [-0.15, -0.1) is 24.0 Å². The van der Waals surface area contributed by atoms with Crippen molar-refractivity contribution in [3.05, 3.63) is 29.8 Å². The standard InChI is InChI=1S/C24H40N4O.HI/c1-18(2)16-29-22-10-6-19(7-11-22)24(3,4)17-26-23(25-5)27-20-12-14-28(15-13-20)21-8-9-21;/h6-7,10-11,18,20-21H,8-9,12-17H2,1-5H3,(H2,25,26,27);1H. The topological polar surface area (TPSA) is 48.9 Å². The summed E-state index contributed by atoms with van der Waals surface area (Å²) in [6, 6.07) is 9.94. The molecule has 0 atom stereocenters. The number of nitrogens with one attached hydrogen (secondary N) is 2. The molecule has 1 aliphatic heterocycles. The first-order valence-electron chi connectivity index (χ1n) is 11.3. The third-order valence-electron chi connectivity index (χ3n) is 6.07. The largest absolute Gasteiger partial charge is 0.493 e. The molecular weight excluding hydrogens is 487 g/mol. The van der Waals surface area contributed by atoms with E-state index in [1.807, 2.05) is 7.05 Å². The fourth-order valence-corrected chi connectivity index (χ4v) is 3.91. The van der Waals surface area contributed by atoms with Crippen molar-refractivity contribution >= 4 is 29.9 Å². The highest BCUT2D eigenvalue weighted by atomic mass is 127. The average Bonchev–Trinajstić information content (AvgIpc) is 3.56. The number of piperidine rings is 1. The normalized spacial score (nSPS) is 18.8. The summed E-state index contributed by atoms with van der Waals surface area (Å²) >= 11 is 0. The first-order chi connectivity index (χ1) is 13.9. The zero-order chi connectivity index (χ0) is 20.9. The van der Waals surface area contributed by atoms with E-state index < -0.39 is 0 Å². The van der Waals surface area contributed by atoms with Gasteiger partial charge < -0.3 is 20.3 Å². The van der Waals surface area contributed by atoms with Crippen LogP contribution in [0.3, 0.4) is 0 Å². The molecule has 1 heterocycles. The Morgan fingerprint density at radius 1 is 1.13 bits per heavy atom. The summed E-state index contributed by atoms with van der Waals surface area (Å²) in [5, 5.41) is 7.19. The van der Waals surface area contributed by atoms with E-state index in [-0.39, 0.29) is 29.4 Å². The summed E-state index contributed by atoms with van der Waals surface area (Å²) in [6.07, 6.45) is 5.22. The fourth-order valence-electron chi connectivity index (χ4n) is 3.91. The van der Waals surface area contributed by atoms with Crippen LogP contribution in [0.15, 0.2) is 29.3 Å². The minimum Gasteiger partial charge on any atom is -0.493 e. The van der Waals surface area contributed by atoms with E-state index in [9.17, 15) is 0 Å². The van der Waals surface area contributed by atoms with E-state index in [0.29, 0.717) is 12.0 Å². The van der Waals surface area contributed by atoms with E-state index in [1.54, 1.807) is 0 Å². The van der Waals surface area contributed by atoms with Crippen molar-refractivity contribution in [3.63, 3.8) is 0 Å². The van der Waals surface area contributed by atoms with E-state index in [4.69, 9.17) is 4.74 Å². The number of hydrogen-bond donors (Lipinski definition) is 2. The SMILES string of the molecule is CN=C(NCC(C)(C)c1ccc(OCC(C)C)cc1)NC1CCN(C2CC2)CC1.I. The second-order valence-corrected chi connectivity index (χ2v) is 9.72. The molecule has 30 heavy (non-hydrogen) atoms. The molecule has 170 valence electrons. The summed E-state index contributed by atoms with van der Waals surface area (Å²) in [5.74, 6) is 2.40. The van der Waals surface area contributed by atoms with Crippen LogP contribution in [-0.2, 0) is 5.41 Å². The van der Waals surface area contributed by atoms with Gasteiger partial charge in [-0.2, -0.15) is 0 Å². The van der Waals surface area contributed by atoms with Crippen LogP contribution < -0.4 is 15.4 Å². The molecule has 1 saturated heterocycles. The number of nitrogens with zero attached hydrogens (tertiary/aromatic N) is 2. The van der Waals surface area contributed by atoms with Gasteiger partial charge in [-0.1, -0.05) is 39.8 Å². The van der Waals surface area contributed by atoms with Crippen LogP contribution >= 0.6 is 24.0 Å². The maximum atomic E-state index is 5.81. The van der Waals surface area contributed by atoms with Crippen LogP contribution in [0.25, 0.3) is 0 Å². The maximum Gasteiger partial charge on any atom is 0.191 e. The summed E-state index contributed by atoms with van der Waals surface area (Å²) in [4.78, 5) is 7.12. The molecule has 1 aromatic rings. The lowest BCUT2D eigenvalue weighted by Crippen LogP contribution is -2.50. The van der Waals surface area contributed by atoms with Crippen LogP contribution in [0.1, 0.15) is 58.9 Å². The van der Waals surface area contributed by atoms with Gasteiger partial charge in [0.05, 0.1) is 6.61 Å². The molecule has 0 bridgehead atoms. The molecule has 2 fully saturated rings. The number of aliphatic imine (C=N–C) groups is 1. The van der Waals surface area contributed by atoms with E-state index in [2.05, 4.69) is 72.5 Å². The molecule has 1 aliphatic carbocycles. The zero-order valence-corrected chi connectivity index (χ0v) is 21.7. The molecule has 1 saturated carbocycles. The van der Waals surface area contributed by atoms with E-state index in [0.717, 1.165) is 30.9 Å². The van der Waals surface area contributed by atoms with E-state index in [1.165, 1.54) is 44.3 Å². The third-order valence-corrected chi connectivity index (χ3v) is 6.07. The maximum absolute atomic E-state index is 5.81. The smallest absolute Gasteiger partial charge is 0.191 e. The summed E-state index contributed by atoms with van der Waals surface area (Å²) in [6.45, 7) is 12.9. The van der Waals surface area contributed by atoms with Crippen LogP contribution in [0.5, 0.6) is 5.75 Å². The number of hydrogen-bond acceptors (Lipinski definition) is 3. The molecule has 2 N–H and O–H groups in total. The average molecular weight is 529 g/mol. The van der Waals surface area contributed by atoms with Gasteiger partial charge in [0, 0.05) is 44.2 Å². The highest BCUT2D eigenvalue weighted by Crippen LogP contribution is 2.29. The molecule has 0 aromatic heterocycles. The molecule has 3 rings (SSSR count). The van der Waals surface area contributed by atoms with Gasteiger partial charge >= 0.3 is 0 Å². The molecule has 0 spiro atoms. The predicted octanol–water partition coefficient (Wildman–Crippen LogP) is 4.41. The van der Waals surface area contributed by atoms with Gasteiger partial charge in [0.1, 0.15) is 5.75 Å². The van der Waals surface area contributed by atoms with Crippen molar-refractivity contribution in [1.29, 1.82) is 0 Å². The Labute approximate surface area is 200 Å². The second kappa shape index (κ2) is 11.6. The quantitative estimate of drug-likeness (QED) is 0.298. The Morgan fingerprint density at radius 2 is 1.77 bits per heavy atom. The first kappa shape index (κ1) is 25.2. The van der Waals surface area contributed by atoms with Gasteiger partial charge in [0.25, 0.3) is 0 Å². The lowest BCUT2D eigenvalue weighted by Gasteiger charge is -2.34. The minimum atomic E-state index is 0. The van der Waals surface area contributed by atoms with Crippen LogP contribution in [0, 0.1) is 5.92 Å². The molecule has 0 radical (unpaired) electrons. The lowest BCUT2D eigenvalue weighted by atomic mass is 9.84. The Hall–Kier alpha value is -1.02. The second-order valence-electron chi connectivity index (χ2n) is 9.72. The summed E-state index contributed by atoms with van der Waals surface area (Å²) in [5.41, 5.74) is 1.30. The van der Waals surface area contributed by atoms with Gasteiger partial charge in [-0.3, -0.25) is 4.99 Å². The molecule has 0 amide bonds. The summed E-state index contributed by atoms with van der Waals surface area (Å²) in [7, 11) is 1.86. The van der Waals surface area contributed by atoms with E-state index >= 15 is 0 Å². The molecule has 1 aromatic carbocycles. The van der Waals surface area contributed by atoms with Gasteiger partial charge in [0.2, 0.25) is 0 Å². The minimum absolute atomic E-state index is 0. The number of likely N-dealkylation sites (tertiary alicyclic amines) is 1. The molecule has 2 aliphatic rings. The Morgan fingerprint density at radius 3 is 2.30 bits per heavy atom. The van der Waals surface area contributed by atoms with Gasteiger partial charge in [-0.05, 0) is 49.3 Å². The molecular formula is C24H41IN4O.